The third kappa shape index (κ3) is 1.83. The lowest BCUT2D eigenvalue weighted by Crippen LogP contribution is -2.14. The first-order valence-corrected chi connectivity index (χ1v) is 5.50. The Morgan fingerprint density at radius 3 is 2.21 bits per heavy atom. The summed E-state index contributed by atoms with van der Waals surface area (Å²) in [6.07, 6.45) is 1.21. The minimum Gasteiger partial charge on any atom is -0.327 e. The van der Waals surface area contributed by atoms with Crippen LogP contribution in [0.2, 0.25) is 0 Å². The molecule has 1 saturated carbocycles. The molecule has 76 valence electrons. The van der Waals surface area contributed by atoms with E-state index in [1.54, 1.807) is 0 Å². The van der Waals surface area contributed by atoms with Gasteiger partial charge in [-0.15, -0.1) is 0 Å². The molecule has 3 atom stereocenters. The minimum atomic E-state index is 0.447. The number of nitrogens with two attached hydrogens (primary N) is 1. The predicted octanol–water partition coefficient (Wildman–Crippen LogP) is 2.77. The van der Waals surface area contributed by atoms with Gasteiger partial charge in [0.15, 0.2) is 0 Å². The summed E-state index contributed by atoms with van der Waals surface area (Å²) in [5.41, 5.74) is 7.40. The standard InChI is InChI=1S/C13H19N/c1-9(2)13(11-8-12(11)14)10-6-4-3-5-7-10/h3-7,9,11-13H,8,14H2,1-2H3/t11-,12-,13?/m1/s1. The Morgan fingerprint density at radius 1 is 1.21 bits per heavy atom. The zero-order chi connectivity index (χ0) is 10.1. The largest absolute Gasteiger partial charge is 0.327 e. The molecule has 1 aliphatic carbocycles. The van der Waals surface area contributed by atoms with Gasteiger partial charge in [-0.05, 0) is 29.7 Å². The Balaban J connectivity index is 2.19. The first kappa shape index (κ1) is 9.72. The number of hydrogen-bond donors (Lipinski definition) is 1. The van der Waals surface area contributed by atoms with Gasteiger partial charge in [-0.3, -0.25) is 0 Å². The predicted molar refractivity (Wildman–Crippen MR) is 60.1 cm³/mol. The Bertz CT molecular complexity index is 291. The maximum atomic E-state index is 5.94. The molecule has 0 aliphatic heterocycles. The zero-order valence-electron chi connectivity index (χ0n) is 8.98. The topological polar surface area (TPSA) is 26.0 Å². The van der Waals surface area contributed by atoms with Crippen LogP contribution < -0.4 is 5.73 Å². The number of rotatable bonds is 3. The Hall–Kier alpha value is -0.820. The van der Waals surface area contributed by atoms with Crippen molar-refractivity contribution in [2.24, 2.45) is 17.6 Å². The molecular formula is C13H19N. The van der Waals surface area contributed by atoms with Crippen molar-refractivity contribution in [3.05, 3.63) is 35.9 Å². The average molecular weight is 189 g/mol. The SMILES string of the molecule is CC(C)C(c1ccccc1)[C@@H]1C[C@H]1N. The van der Waals surface area contributed by atoms with Crippen LogP contribution in [0.3, 0.4) is 0 Å². The zero-order valence-corrected chi connectivity index (χ0v) is 8.98. The van der Waals surface area contributed by atoms with E-state index < -0.39 is 0 Å². The van der Waals surface area contributed by atoms with Crippen molar-refractivity contribution < 1.29 is 0 Å². The monoisotopic (exact) mass is 189 g/mol. The maximum Gasteiger partial charge on any atom is 0.00771 e. The highest BCUT2D eigenvalue weighted by Crippen LogP contribution is 2.45. The second-order valence-electron chi connectivity index (χ2n) is 4.74. The van der Waals surface area contributed by atoms with E-state index in [4.69, 9.17) is 5.73 Å². The van der Waals surface area contributed by atoms with E-state index in [9.17, 15) is 0 Å². The number of hydrogen-bond acceptors (Lipinski definition) is 1. The van der Waals surface area contributed by atoms with E-state index in [2.05, 4.69) is 44.2 Å². The van der Waals surface area contributed by atoms with Gasteiger partial charge in [0.25, 0.3) is 0 Å². The summed E-state index contributed by atoms with van der Waals surface area (Å²) in [6, 6.07) is 11.2. The third-order valence-corrected chi connectivity index (χ3v) is 3.26. The van der Waals surface area contributed by atoms with Gasteiger partial charge in [-0.2, -0.15) is 0 Å². The highest BCUT2D eigenvalue weighted by atomic mass is 14.8. The summed E-state index contributed by atoms with van der Waals surface area (Å²) in [7, 11) is 0. The molecule has 1 unspecified atom stereocenters. The normalized spacial score (nSPS) is 27.7. The second kappa shape index (κ2) is 3.74. The summed E-state index contributed by atoms with van der Waals surface area (Å²) in [4.78, 5) is 0. The first-order valence-electron chi connectivity index (χ1n) is 5.50. The fourth-order valence-corrected chi connectivity index (χ4v) is 2.45. The van der Waals surface area contributed by atoms with Crippen LogP contribution in [-0.2, 0) is 0 Å². The number of benzene rings is 1. The smallest absolute Gasteiger partial charge is 0.00771 e. The molecule has 1 aromatic rings. The minimum absolute atomic E-state index is 0.447. The molecule has 2 rings (SSSR count). The first-order chi connectivity index (χ1) is 6.70. The van der Waals surface area contributed by atoms with Gasteiger partial charge in [0.1, 0.15) is 0 Å². The molecule has 1 heteroatoms. The van der Waals surface area contributed by atoms with Gasteiger partial charge < -0.3 is 5.73 Å². The molecule has 2 N–H and O–H groups in total. The van der Waals surface area contributed by atoms with Crippen LogP contribution in [0.1, 0.15) is 31.7 Å². The van der Waals surface area contributed by atoms with Crippen molar-refractivity contribution in [2.75, 3.05) is 0 Å². The summed E-state index contributed by atoms with van der Waals surface area (Å²) in [5, 5.41) is 0. The fourth-order valence-electron chi connectivity index (χ4n) is 2.45. The van der Waals surface area contributed by atoms with Crippen molar-refractivity contribution in [1.29, 1.82) is 0 Å². The van der Waals surface area contributed by atoms with Crippen LogP contribution in [0.25, 0.3) is 0 Å². The highest BCUT2D eigenvalue weighted by molar-refractivity contribution is 5.23. The molecule has 0 bridgehead atoms. The molecular weight excluding hydrogens is 170 g/mol. The molecule has 0 spiro atoms. The van der Waals surface area contributed by atoms with Crippen molar-refractivity contribution in [3.63, 3.8) is 0 Å². The van der Waals surface area contributed by atoms with Gasteiger partial charge in [-0.1, -0.05) is 44.2 Å². The lowest BCUT2D eigenvalue weighted by Gasteiger charge is -2.21. The van der Waals surface area contributed by atoms with Crippen LogP contribution in [0, 0.1) is 11.8 Å². The molecule has 1 aliphatic rings. The van der Waals surface area contributed by atoms with Crippen LogP contribution in [0.15, 0.2) is 30.3 Å². The molecule has 0 amide bonds. The highest BCUT2D eigenvalue weighted by Gasteiger charge is 2.41. The van der Waals surface area contributed by atoms with Crippen LogP contribution in [0.4, 0.5) is 0 Å². The fraction of sp³-hybridized carbons (Fsp3) is 0.538. The van der Waals surface area contributed by atoms with Crippen molar-refractivity contribution in [1.82, 2.24) is 0 Å². The Morgan fingerprint density at radius 2 is 1.79 bits per heavy atom. The molecule has 1 nitrogen and oxygen atoms in total. The molecule has 0 heterocycles. The summed E-state index contributed by atoms with van der Waals surface area (Å²) < 4.78 is 0. The van der Waals surface area contributed by atoms with Gasteiger partial charge in [0.2, 0.25) is 0 Å². The maximum absolute atomic E-state index is 5.94. The van der Waals surface area contributed by atoms with Gasteiger partial charge in [0.05, 0.1) is 0 Å². The van der Waals surface area contributed by atoms with Crippen LogP contribution in [-0.4, -0.2) is 6.04 Å². The molecule has 1 aromatic carbocycles. The van der Waals surface area contributed by atoms with E-state index in [0.717, 1.165) is 5.92 Å². The second-order valence-corrected chi connectivity index (χ2v) is 4.74. The van der Waals surface area contributed by atoms with E-state index in [-0.39, 0.29) is 0 Å². The van der Waals surface area contributed by atoms with Gasteiger partial charge >= 0.3 is 0 Å². The van der Waals surface area contributed by atoms with Gasteiger partial charge in [-0.25, -0.2) is 0 Å². The Kier molecular flexibility index (Phi) is 2.60. The van der Waals surface area contributed by atoms with Crippen LogP contribution >= 0.6 is 0 Å². The Labute approximate surface area is 86.3 Å². The van der Waals surface area contributed by atoms with E-state index >= 15 is 0 Å². The molecule has 1 fully saturated rings. The summed E-state index contributed by atoms with van der Waals surface area (Å²) in [5.74, 6) is 2.07. The summed E-state index contributed by atoms with van der Waals surface area (Å²) in [6.45, 7) is 4.59. The van der Waals surface area contributed by atoms with E-state index in [1.165, 1.54) is 12.0 Å². The van der Waals surface area contributed by atoms with Crippen molar-refractivity contribution in [3.8, 4) is 0 Å². The quantitative estimate of drug-likeness (QED) is 0.777. The van der Waals surface area contributed by atoms with E-state index in [0.29, 0.717) is 17.9 Å². The third-order valence-electron chi connectivity index (χ3n) is 3.26. The average Bonchev–Trinajstić information content (AvgIpc) is 2.84. The molecule has 0 aromatic heterocycles. The lowest BCUT2D eigenvalue weighted by atomic mass is 9.84. The summed E-state index contributed by atoms with van der Waals surface area (Å²) >= 11 is 0. The molecule has 0 radical (unpaired) electrons. The van der Waals surface area contributed by atoms with E-state index in [1.807, 2.05) is 0 Å². The molecule has 14 heavy (non-hydrogen) atoms. The lowest BCUT2D eigenvalue weighted by molar-refractivity contribution is 0.442. The van der Waals surface area contributed by atoms with Crippen molar-refractivity contribution >= 4 is 0 Å². The van der Waals surface area contributed by atoms with Crippen molar-refractivity contribution in [2.45, 2.75) is 32.2 Å². The van der Waals surface area contributed by atoms with Crippen LogP contribution in [0.5, 0.6) is 0 Å². The van der Waals surface area contributed by atoms with Gasteiger partial charge in [0, 0.05) is 6.04 Å². The molecule has 0 saturated heterocycles.